The van der Waals surface area contributed by atoms with Crippen LogP contribution in [-0.4, -0.2) is 88.3 Å². The monoisotopic (exact) mass is 581 g/mol. The molecule has 1 aliphatic rings. The molecule has 2 amide bonds. The van der Waals surface area contributed by atoms with Gasteiger partial charge < -0.3 is 14.4 Å². The molecular formula is C25H35N5O7S2. The molecule has 0 saturated carbocycles. The number of benzene rings is 1. The predicted octanol–water partition coefficient (Wildman–Crippen LogP) is 2.00. The highest BCUT2D eigenvalue weighted by Crippen LogP contribution is 2.31. The SMILES string of the molecule is CC(C)OC(=O)[C@H](Cc1ccc(OC(=O)N(C)C)cc1)N(C(=O)[C@H]1NC(C)(C)CS1)S(=O)(=O)c1ccn(C)n1. The van der Waals surface area contributed by atoms with E-state index in [2.05, 4.69) is 10.4 Å². The van der Waals surface area contributed by atoms with Crippen LogP contribution in [0.2, 0.25) is 0 Å². The van der Waals surface area contributed by atoms with Crippen LogP contribution in [0, 0.1) is 0 Å². The quantitative estimate of drug-likeness (QED) is 0.437. The maximum atomic E-state index is 13.9. The van der Waals surface area contributed by atoms with Crippen molar-refractivity contribution >= 4 is 39.8 Å². The second kappa shape index (κ2) is 12.0. The molecule has 3 rings (SSSR count). The van der Waals surface area contributed by atoms with Crippen LogP contribution >= 0.6 is 11.8 Å². The Labute approximate surface area is 233 Å². The second-order valence-corrected chi connectivity index (χ2v) is 13.2. The zero-order chi connectivity index (χ0) is 29.1. The highest BCUT2D eigenvalue weighted by atomic mass is 32.2. The van der Waals surface area contributed by atoms with E-state index in [1.165, 1.54) is 45.7 Å². The average Bonchev–Trinajstić information content (AvgIpc) is 3.44. The van der Waals surface area contributed by atoms with Crippen molar-refractivity contribution in [3.8, 4) is 5.75 Å². The first-order chi connectivity index (χ1) is 18.1. The summed E-state index contributed by atoms with van der Waals surface area (Å²) in [6.07, 6.45) is 0.145. The van der Waals surface area contributed by atoms with Crippen LogP contribution in [0.5, 0.6) is 5.75 Å². The number of aryl methyl sites for hydroxylation is 1. The van der Waals surface area contributed by atoms with Gasteiger partial charge in [0.15, 0.2) is 5.03 Å². The highest BCUT2D eigenvalue weighted by molar-refractivity contribution is 8.01. The third kappa shape index (κ3) is 7.51. The fourth-order valence-corrected chi connectivity index (χ4v) is 6.63. The molecule has 1 aromatic heterocycles. The number of aromatic nitrogens is 2. The minimum Gasteiger partial charge on any atom is -0.461 e. The minimum absolute atomic E-state index is 0.175. The number of amides is 2. The summed E-state index contributed by atoms with van der Waals surface area (Å²) in [5, 5.41) is 5.89. The van der Waals surface area contributed by atoms with Crippen LogP contribution in [0.1, 0.15) is 33.3 Å². The summed E-state index contributed by atoms with van der Waals surface area (Å²) < 4.78 is 40.4. The molecule has 0 radical (unpaired) electrons. The predicted molar refractivity (Wildman–Crippen MR) is 146 cm³/mol. The molecule has 0 bridgehead atoms. The van der Waals surface area contributed by atoms with Crippen molar-refractivity contribution in [1.29, 1.82) is 0 Å². The Kier molecular flexibility index (Phi) is 9.34. The summed E-state index contributed by atoms with van der Waals surface area (Å²) >= 11 is 1.26. The summed E-state index contributed by atoms with van der Waals surface area (Å²) in [5.41, 5.74) is 0.103. The topological polar surface area (TPSA) is 140 Å². The molecule has 1 aliphatic heterocycles. The lowest BCUT2D eigenvalue weighted by Gasteiger charge is -2.31. The zero-order valence-electron chi connectivity index (χ0n) is 23.1. The van der Waals surface area contributed by atoms with Crippen LogP contribution in [0.4, 0.5) is 4.79 Å². The number of hydrogen-bond acceptors (Lipinski definition) is 10. The second-order valence-electron chi connectivity index (χ2n) is 10.3. The average molecular weight is 582 g/mol. The molecule has 1 saturated heterocycles. The minimum atomic E-state index is -4.57. The van der Waals surface area contributed by atoms with Crippen molar-refractivity contribution in [2.75, 3.05) is 19.8 Å². The fourth-order valence-electron chi connectivity index (χ4n) is 3.73. The number of carbonyl (C=O) groups is 3. The number of nitrogens with zero attached hydrogens (tertiary/aromatic N) is 4. The molecular weight excluding hydrogens is 546 g/mol. The molecule has 14 heteroatoms. The van der Waals surface area contributed by atoms with Gasteiger partial charge >= 0.3 is 12.1 Å². The van der Waals surface area contributed by atoms with Crippen LogP contribution < -0.4 is 10.1 Å². The number of carbonyl (C=O) groups excluding carboxylic acids is 3. The van der Waals surface area contributed by atoms with Crippen molar-refractivity contribution in [2.24, 2.45) is 7.05 Å². The van der Waals surface area contributed by atoms with Crippen molar-refractivity contribution in [1.82, 2.24) is 24.3 Å². The van der Waals surface area contributed by atoms with Crippen LogP contribution in [-0.2, 0) is 37.8 Å². The Morgan fingerprint density at radius 1 is 1.18 bits per heavy atom. The summed E-state index contributed by atoms with van der Waals surface area (Å²) in [6.45, 7) is 7.08. The lowest BCUT2D eigenvalue weighted by Crippen LogP contribution is -2.56. The molecule has 2 atom stereocenters. The largest absolute Gasteiger partial charge is 0.461 e. The number of nitrogens with one attached hydrogen (secondary N) is 1. The Morgan fingerprint density at radius 2 is 1.82 bits per heavy atom. The molecule has 1 N–H and O–H groups in total. The maximum Gasteiger partial charge on any atom is 0.414 e. The Hall–Kier alpha value is -3.10. The van der Waals surface area contributed by atoms with Gasteiger partial charge in [0.2, 0.25) is 0 Å². The molecule has 1 fully saturated rings. The van der Waals surface area contributed by atoms with Gasteiger partial charge in [-0.25, -0.2) is 13.9 Å². The van der Waals surface area contributed by atoms with Gasteiger partial charge in [0.05, 0.1) is 6.10 Å². The normalized spacial score (nSPS) is 17.5. The number of esters is 1. The van der Waals surface area contributed by atoms with Crippen molar-refractivity contribution in [2.45, 2.75) is 62.2 Å². The van der Waals surface area contributed by atoms with E-state index in [0.29, 0.717) is 15.6 Å². The molecule has 2 aromatic rings. The van der Waals surface area contributed by atoms with E-state index in [1.54, 1.807) is 47.1 Å². The summed E-state index contributed by atoms with van der Waals surface area (Å²) in [7, 11) is 0.0867. The number of sulfonamides is 1. The fraction of sp³-hybridized carbons (Fsp3) is 0.520. The molecule has 214 valence electrons. The van der Waals surface area contributed by atoms with Gasteiger partial charge in [0.25, 0.3) is 15.9 Å². The molecule has 0 unspecified atom stereocenters. The van der Waals surface area contributed by atoms with Crippen molar-refractivity contribution < 1.29 is 32.3 Å². The van der Waals surface area contributed by atoms with Crippen molar-refractivity contribution in [3.05, 3.63) is 42.1 Å². The molecule has 0 spiro atoms. The molecule has 0 aliphatic carbocycles. The molecule has 1 aromatic carbocycles. The van der Waals surface area contributed by atoms with Gasteiger partial charge in [0.1, 0.15) is 17.2 Å². The van der Waals surface area contributed by atoms with Gasteiger partial charge in [-0.15, -0.1) is 11.8 Å². The lowest BCUT2D eigenvalue weighted by atomic mass is 10.1. The van der Waals surface area contributed by atoms with Crippen LogP contribution in [0.3, 0.4) is 0 Å². The van der Waals surface area contributed by atoms with Gasteiger partial charge in [-0.1, -0.05) is 12.1 Å². The van der Waals surface area contributed by atoms with E-state index in [1.807, 2.05) is 13.8 Å². The molecule has 39 heavy (non-hydrogen) atoms. The highest BCUT2D eigenvalue weighted by Gasteiger charge is 2.47. The standard InChI is InChI=1S/C25H35N5O7S2/c1-16(2)36-23(32)19(14-17-8-10-18(11-9-17)37-24(33)28(5)6)30(22(31)21-26-25(3,4)15-38-21)39(34,35)20-12-13-29(7)27-20/h8-13,16,19,21,26H,14-15H2,1-7H3/t19-,21-/m0/s1. The molecule has 12 nitrogen and oxygen atoms in total. The smallest absolute Gasteiger partial charge is 0.414 e. The first-order valence-electron chi connectivity index (χ1n) is 12.3. The Morgan fingerprint density at radius 3 is 2.31 bits per heavy atom. The first kappa shape index (κ1) is 30.4. The number of rotatable bonds is 9. The lowest BCUT2D eigenvalue weighted by molar-refractivity contribution is -0.155. The van der Waals surface area contributed by atoms with Gasteiger partial charge in [-0.3, -0.25) is 14.8 Å². The number of ether oxygens (including phenoxy) is 2. The van der Waals surface area contributed by atoms with E-state index in [4.69, 9.17) is 9.47 Å². The third-order valence-corrected chi connectivity index (χ3v) is 8.86. The van der Waals surface area contributed by atoms with Gasteiger partial charge in [-0.2, -0.15) is 13.5 Å². The van der Waals surface area contributed by atoms with Crippen molar-refractivity contribution in [3.63, 3.8) is 0 Å². The molecule has 2 heterocycles. The maximum absolute atomic E-state index is 13.9. The third-order valence-electron chi connectivity index (χ3n) is 5.62. The number of thioether (sulfide) groups is 1. The van der Waals surface area contributed by atoms with Crippen LogP contribution in [0.25, 0.3) is 0 Å². The first-order valence-corrected chi connectivity index (χ1v) is 14.8. The zero-order valence-corrected chi connectivity index (χ0v) is 24.7. The number of hydrogen-bond donors (Lipinski definition) is 1. The van der Waals surface area contributed by atoms with E-state index < -0.39 is 51.1 Å². The van der Waals surface area contributed by atoms with E-state index >= 15 is 0 Å². The Balaban J connectivity index is 2.04. The van der Waals surface area contributed by atoms with E-state index in [9.17, 15) is 22.8 Å². The summed E-state index contributed by atoms with van der Waals surface area (Å²) in [5.74, 6) is -0.835. The van der Waals surface area contributed by atoms with E-state index in [0.717, 1.165) is 0 Å². The van der Waals surface area contributed by atoms with Gasteiger partial charge in [0, 0.05) is 45.1 Å². The van der Waals surface area contributed by atoms with E-state index in [-0.39, 0.29) is 17.2 Å². The van der Waals surface area contributed by atoms with Gasteiger partial charge in [-0.05, 0) is 51.5 Å². The van der Waals surface area contributed by atoms with Crippen LogP contribution in [0.15, 0.2) is 41.6 Å². The summed E-state index contributed by atoms with van der Waals surface area (Å²) in [4.78, 5) is 40.4. The summed E-state index contributed by atoms with van der Waals surface area (Å²) in [6, 6.07) is 5.99. The Bertz CT molecular complexity index is 1310.